The average molecular weight is 1180 g/mol. The fraction of sp³-hybridized carbons (Fsp3) is 0.250. The van der Waals surface area contributed by atoms with Gasteiger partial charge in [-0.3, -0.25) is 0 Å². The van der Waals surface area contributed by atoms with Crippen LogP contribution in [-0.2, 0) is 19.4 Å². The highest BCUT2D eigenvalue weighted by molar-refractivity contribution is 9.13. The van der Waals surface area contributed by atoms with E-state index in [2.05, 4.69) is 127 Å². The van der Waals surface area contributed by atoms with Crippen molar-refractivity contribution in [1.82, 2.24) is 0 Å². The van der Waals surface area contributed by atoms with Crippen molar-refractivity contribution < 1.29 is 39.7 Å². The summed E-state index contributed by atoms with van der Waals surface area (Å²) in [6.45, 7) is 3.73. The van der Waals surface area contributed by atoms with Gasteiger partial charge in [-0.25, -0.2) is 0 Å². The highest BCUT2D eigenvalue weighted by Gasteiger charge is 2.25. The summed E-state index contributed by atoms with van der Waals surface area (Å²) < 4.78 is 21.4. The summed E-state index contributed by atoms with van der Waals surface area (Å²) in [5.41, 5.74) is 6.03. The number of phenols is 4. The predicted octanol–water partition coefficient (Wildman–Crippen LogP) is 11.6. The Hall–Kier alpha value is -0.720. The number of methoxy groups -OCH3 is 3. The second-order valence-corrected chi connectivity index (χ2v) is 16.5. The van der Waals surface area contributed by atoms with Crippen molar-refractivity contribution in [3.8, 4) is 40.2 Å². The molecule has 48 heavy (non-hydrogen) atoms. The molecule has 0 aromatic heterocycles. The third-order valence-electron chi connectivity index (χ3n) is 7.35. The van der Waals surface area contributed by atoms with E-state index in [0.717, 1.165) is 51.3 Å². The Morgan fingerprint density at radius 2 is 0.875 bits per heavy atom. The molecule has 0 saturated heterocycles. The topological polar surface area (TPSA) is 129 Å². The molecular weight excluding hydrogens is 1150 g/mol. The van der Waals surface area contributed by atoms with Crippen LogP contribution in [0.1, 0.15) is 38.9 Å². The molecule has 4 aromatic rings. The Labute approximate surface area is 345 Å². The van der Waals surface area contributed by atoms with Crippen molar-refractivity contribution in [3.05, 3.63) is 86.9 Å². The Kier molecular flexibility index (Phi) is 15.4. The van der Waals surface area contributed by atoms with Crippen LogP contribution in [0.3, 0.4) is 0 Å². The number of rotatable bonds is 8. The molecule has 0 aliphatic heterocycles. The summed E-state index contributed by atoms with van der Waals surface area (Å²) in [6.07, 6.45) is 0.947. The second kappa shape index (κ2) is 17.7. The predicted molar refractivity (Wildman–Crippen MR) is 215 cm³/mol. The van der Waals surface area contributed by atoms with E-state index < -0.39 is 0 Å². The van der Waals surface area contributed by atoms with E-state index in [4.69, 9.17) is 14.2 Å². The summed E-state index contributed by atoms with van der Waals surface area (Å²) in [6, 6.07) is 3.41. The minimum absolute atomic E-state index is 0.0851. The lowest BCUT2D eigenvalue weighted by Crippen LogP contribution is -2.04. The van der Waals surface area contributed by atoms with Gasteiger partial charge in [-0.05, 0) is 187 Å². The highest BCUT2D eigenvalue weighted by atomic mass is 79.9. The monoisotopic (exact) mass is 1170 g/mol. The average Bonchev–Trinajstić information content (AvgIpc) is 3.06. The van der Waals surface area contributed by atoms with Crippen LogP contribution in [0.5, 0.6) is 40.2 Å². The SMILES string of the molecule is COc1c(CO)cc(C)c(Cc2c(Br)c(Br)c(OC)c(OC)c2Br)c1Br.Cc1cc(O)c(O)c(Br)c1Cc1c(Br)c(O)c(O)c(Br)c1Br. The number of aliphatic hydroxyl groups excluding tert-OH is 1. The van der Waals surface area contributed by atoms with E-state index >= 15 is 0 Å². The largest absolute Gasteiger partial charge is 0.504 e. The van der Waals surface area contributed by atoms with Gasteiger partial charge in [-0.1, -0.05) is 0 Å². The van der Waals surface area contributed by atoms with Crippen molar-refractivity contribution >= 4 is 127 Å². The number of aliphatic hydroxyl groups is 1. The maximum absolute atomic E-state index is 9.96. The number of hydrogen-bond acceptors (Lipinski definition) is 8. The normalized spacial score (nSPS) is 10.9. The first-order valence-corrected chi connectivity index (χ1v) is 19.8. The van der Waals surface area contributed by atoms with Gasteiger partial charge in [0.15, 0.2) is 34.5 Å². The first-order valence-electron chi connectivity index (χ1n) is 13.5. The zero-order chi connectivity index (χ0) is 36.4. The standard InChI is InChI=1S/C18H18Br4O4.C14H10Br4O4/c1-8-5-9(7-23)16(24-2)13(20)10(8)6-11-12(19)15(22)18(26-4)17(25-3)14(11)21;1-4-2-7(19)12(20)9(16)5(4)3-6-8(15)11(18)14(22)13(21)10(6)17/h5,23H,6-7H2,1-4H3;2,19-22H,3H2,1H3. The quantitative estimate of drug-likeness (QED) is 0.0872. The molecule has 260 valence electrons. The summed E-state index contributed by atoms with van der Waals surface area (Å²) in [5.74, 6) is 0.869. The molecule has 0 saturated carbocycles. The summed E-state index contributed by atoms with van der Waals surface area (Å²) in [4.78, 5) is 0. The van der Waals surface area contributed by atoms with Gasteiger partial charge in [-0.15, -0.1) is 0 Å². The molecule has 0 unspecified atom stereocenters. The van der Waals surface area contributed by atoms with Crippen LogP contribution in [0.4, 0.5) is 0 Å². The zero-order valence-electron chi connectivity index (χ0n) is 25.8. The van der Waals surface area contributed by atoms with Crippen molar-refractivity contribution in [3.63, 3.8) is 0 Å². The van der Waals surface area contributed by atoms with E-state index in [1.54, 1.807) is 28.3 Å². The molecule has 4 rings (SSSR count). The van der Waals surface area contributed by atoms with Gasteiger partial charge in [0.1, 0.15) is 5.75 Å². The lowest BCUT2D eigenvalue weighted by atomic mass is 9.97. The molecule has 0 spiro atoms. The molecule has 0 aliphatic rings. The lowest BCUT2D eigenvalue weighted by molar-refractivity contribution is 0.273. The van der Waals surface area contributed by atoms with E-state index in [-0.39, 0.29) is 29.6 Å². The fourth-order valence-electron chi connectivity index (χ4n) is 4.80. The number of hydrogen-bond donors (Lipinski definition) is 5. The van der Waals surface area contributed by atoms with Crippen molar-refractivity contribution in [1.29, 1.82) is 0 Å². The maximum Gasteiger partial charge on any atom is 0.177 e. The first kappa shape index (κ1) is 41.7. The summed E-state index contributed by atoms with van der Waals surface area (Å²) in [7, 11) is 4.80. The van der Waals surface area contributed by atoms with Crippen LogP contribution in [0.15, 0.2) is 47.9 Å². The summed E-state index contributed by atoms with van der Waals surface area (Å²) in [5, 5.41) is 48.8. The molecule has 0 atom stereocenters. The van der Waals surface area contributed by atoms with Gasteiger partial charge in [0.25, 0.3) is 0 Å². The molecule has 16 heteroatoms. The fourth-order valence-corrected chi connectivity index (χ4v) is 10.1. The van der Waals surface area contributed by atoms with Crippen molar-refractivity contribution in [2.75, 3.05) is 21.3 Å². The number of halogens is 8. The molecular formula is C32H28Br8O8. The Morgan fingerprint density at radius 3 is 1.40 bits per heavy atom. The van der Waals surface area contributed by atoms with E-state index in [1.165, 1.54) is 6.07 Å². The lowest BCUT2D eigenvalue weighted by Gasteiger charge is -2.20. The second-order valence-electron chi connectivity index (χ2n) is 10.1. The van der Waals surface area contributed by atoms with Gasteiger partial charge in [-0.2, -0.15) is 0 Å². The molecule has 4 aromatic carbocycles. The summed E-state index contributed by atoms with van der Waals surface area (Å²) >= 11 is 27.7. The van der Waals surface area contributed by atoms with Gasteiger partial charge in [0.05, 0.1) is 54.8 Å². The van der Waals surface area contributed by atoms with Crippen LogP contribution in [0.2, 0.25) is 0 Å². The molecule has 0 aliphatic carbocycles. The third kappa shape index (κ3) is 8.32. The van der Waals surface area contributed by atoms with Gasteiger partial charge < -0.3 is 39.7 Å². The number of ether oxygens (including phenoxy) is 3. The zero-order valence-corrected chi connectivity index (χ0v) is 38.4. The van der Waals surface area contributed by atoms with Gasteiger partial charge in [0.2, 0.25) is 0 Å². The van der Waals surface area contributed by atoms with Crippen LogP contribution in [-0.4, -0.2) is 46.9 Å². The van der Waals surface area contributed by atoms with E-state index in [0.29, 0.717) is 53.5 Å². The number of aryl methyl sites for hydroxylation is 2. The van der Waals surface area contributed by atoms with Crippen molar-refractivity contribution in [2.24, 2.45) is 0 Å². The van der Waals surface area contributed by atoms with E-state index in [1.807, 2.05) is 13.0 Å². The number of aromatic hydroxyl groups is 4. The van der Waals surface area contributed by atoms with Crippen LogP contribution in [0.25, 0.3) is 0 Å². The Balaban J connectivity index is 0.000000264. The van der Waals surface area contributed by atoms with Crippen LogP contribution >= 0.6 is 127 Å². The Bertz CT molecular complexity index is 1850. The van der Waals surface area contributed by atoms with E-state index in [9.17, 15) is 25.5 Å². The third-order valence-corrected chi connectivity index (χ3v) is 15.1. The van der Waals surface area contributed by atoms with Gasteiger partial charge >= 0.3 is 0 Å². The minimum atomic E-state index is -0.276. The van der Waals surface area contributed by atoms with Crippen LogP contribution in [0, 0.1) is 13.8 Å². The molecule has 0 radical (unpaired) electrons. The Morgan fingerprint density at radius 1 is 0.479 bits per heavy atom. The first-order chi connectivity index (χ1) is 22.5. The molecule has 0 fully saturated rings. The molecule has 0 bridgehead atoms. The number of phenolic OH excluding ortho intramolecular Hbond substituents is 4. The molecule has 0 amide bonds. The molecule has 0 heterocycles. The smallest absolute Gasteiger partial charge is 0.177 e. The molecule has 8 nitrogen and oxygen atoms in total. The van der Waals surface area contributed by atoms with Crippen molar-refractivity contribution in [2.45, 2.75) is 33.3 Å². The van der Waals surface area contributed by atoms with Crippen LogP contribution < -0.4 is 14.2 Å². The molecule has 5 N–H and O–H groups in total. The minimum Gasteiger partial charge on any atom is -0.504 e. The maximum atomic E-state index is 9.96. The number of benzene rings is 4. The van der Waals surface area contributed by atoms with Gasteiger partial charge in [0, 0.05) is 27.4 Å². The highest BCUT2D eigenvalue weighted by Crippen LogP contribution is 2.51.